The van der Waals surface area contributed by atoms with Crippen LogP contribution >= 0.6 is 0 Å². The summed E-state index contributed by atoms with van der Waals surface area (Å²) >= 11 is 0. The number of nitrogens with zero attached hydrogens (tertiary/aromatic N) is 3. The van der Waals surface area contributed by atoms with E-state index in [9.17, 15) is 23.2 Å². The minimum absolute atomic E-state index is 0.210. The minimum Gasteiger partial charge on any atom is -0.367 e. The molecule has 2 aromatic carbocycles. The van der Waals surface area contributed by atoms with Crippen molar-refractivity contribution in [3.63, 3.8) is 0 Å². The number of carbonyl (C=O) groups is 1. The van der Waals surface area contributed by atoms with Gasteiger partial charge in [-0.3, -0.25) is 4.79 Å². The number of hydrogen-bond donors (Lipinski definition) is 1. The van der Waals surface area contributed by atoms with Gasteiger partial charge in [-0.15, -0.1) is 6.58 Å². The van der Waals surface area contributed by atoms with Gasteiger partial charge >= 0.3 is 6.18 Å². The quantitative estimate of drug-likeness (QED) is 0.736. The number of rotatable bonds is 4. The molecule has 2 aliphatic heterocycles. The number of fused-ring (bicyclic) bond motifs is 3. The number of benzene rings is 2. The highest BCUT2D eigenvalue weighted by atomic mass is 19.4. The van der Waals surface area contributed by atoms with Crippen molar-refractivity contribution in [1.29, 1.82) is 5.26 Å². The summed E-state index contributed by atoms with van der Waals surface area (Å²) in [5.41, 5.74) is 1.92. The number of carbonyl (C=O) groups excluding carboxylic acids is 1. The van der Waals surface area contributed by atoms with E-state index in [0.717, 1.165) is 23.5 Å². The number of para-hydroxylation sites is 1. The maximum Gasteiger partial charge on any atom is 0.416 e. The monoisotopic (exact) mass is 440 g/mol. The van der Waals surface area contributed by atoms with E-state index in [4.69, 9.17) is 0 Å². The summed E-state index contributed by atoms with van der Waals surface area (Å²) in [4.78, 5) is 17.1. The van der Waals surface area contributed by atoms with Crippen LogP contribution in [0.1, 0.15) is 16.7 Å². The minimum atomic E-state index is -4.44. The summed E-state index contributed by atoms with van der Waals surface area (Å²) in [6, 6.07) is 13.1. The first-order chi connectivity index (χ1) is 15.3. The molecule has 2 heterocycles. The molecule has 1 fully saturated rings. The summed E-state index contributed by atoms with van der Waals surface area (Å²) in [6.45, 7) is 5.53. The van der Waals surface area contributed by atoms with E-state index in [1.807, 2.05) is 17.0 Å². The van der Waals surface area contributed by atoms with E-state index in [2.05, 4.69) is 22.9 Å². The van der Waals surface area contributed by atoms with Crippen LogP contribution in [0.3, 0.4) is 0 Å². The van der Waals surface area contributed by atoms with Crippen LogP contribution < -0.4 is 15.1 Å². The molecule has 8 heteroatoms. The maximum absolute atomic E-state index is 13.3. The van der Waals surface area contributed by atoms with E-state index >= 15 is 0 Å². The summed E-state index contributed by atoms with van der Waals surface area (Å²) in [5, 5.41) is 12.3. The number of amides is 1. The zero-order chi connectivity index (χ0) is 22.9. The molecule has 0 spiro atoms. The third-order valence-electron chi connectivity index (χ3n) is 6.16. The molecule has 1 saturated heterocycles. The Morgan fingerprint density at radius 3 is 2.72 bits per heavy atom. The number of piperazine rings is 1. The van der Waals surface area contributed by atoms with Gasteiger partial charge in [-0.05, 0) is 42.3 Å². The highest BCUT2D eigenvalue weighted by Gasteiger charge is 2.43. The number of alkyl halides is 3. The Bertz CT molecular complexity index is 1080. The normalized spacial score (nSPS) is 20.1. The molecule has 0 radical (unpaired) electrons. The van der Waals surface area contributed by atoms with Crippen LogP contribution in [-0.4, -0.2) is 38.1 Å². The van der Waals surface area contributed by atoms with Gasteiger partial charge in [0.25, 0.3) is 0 Å². The van der Waals surface area contributed by atoms with Crippen molar-refractivity contribution in [3.8, 4) is 6.07 Å². The lowest BCUT2D eigenvalue weighted by Gasteiger charge is -2.49. The fourth-order valence-corrected chi connectivity index (χ4v) is 4.67. The Kier molecular flexibility index (Phi) is 5.83. The molecule has 2 aromatic rings. The van der Waals surface area contributed by atoms with Crippen molar-refractivity contribution in [2.45, 2.75) is 18.6 Å². The lowest BCUT2D eigenvalue weighted by atomic mass is 9.82. The van der Waals surface area contributed by atoms with Crippen molar-refractivity contribution < 1.29 is 18.0 Å². The predicted molar refractivity (Wildman–Crippen MR) is 116 cm³/mol. The van der Waals surface area contributed by atoms with E-state index in [-0.39, 0.29) is 18.4 Å². The fraction of sp³-hybridized carbons (Fsp3) is 0.333. The molecule has 0 saturated carbocycles. The van der Waals surface area contributed by atoms with Gasteiger partial charge in [-0.1, -0.05) is 18.2 Å². The number of halogens is 3. The van der Waals surface area contributed by atoms with Crippen LogP contribution in [0.5, 0.6) is 0 Å². The SMILES string of the molecule is C=CCNC(=O)[C@@H]1Cc2cc(C(F)(F)F)ccc2N2CCN(c3ccccc3C#N)C[C@H]12. The van der Waals surface area contributed by atoms with Gasteiger partial charge in [0, 0.05) is 31.9 Å². The Balaban J connectivity index is 1.70. The largest absolute Gasteiger partial charge is 0.416 e. The highest BCUT2D eigenvalue weighted by molar-refractivity contribution is 5.82. The average molecular weight is 440 g/mol. The topological polar surface area (TPSA) is 59.4 Å². The molecule has 0 bridgehead atoms. The molecule has 1 amide bonds. The molecule has 1 N–H and O–H groups in total. The third-order valence-corrected chi connectivity index (χ3v) is 6.16. The second-order valence-corrected chi connectivity index (χ2v) is 8.02. The van der Waals surface area contributed by atoms with E-state index in [0.29, 0.717) is 37.3 Å². The zero-order valence-corrected chi connectivity index (χ0v) is 17.4. The van der Waals surface area contributed by atoms with Gasteiger partial charge in [-0.2, -0.15) is 18.4 Å². The lowest BCUT2D eigenvalue weighted by molar-refractivity contribution is -0.137. The van der Waals surface area contributed by atoms with Gasteiger partial charge in [0.05, 0.1) is 28.8 Å². The van der Waals surface area contributed by atoms with Crippen molar-refractivity contribution in [2.75, 3.05) is 36.0 Å². The number of nitrogens with one attached hydrogen (secondary N) is 1. The maximum atomic E-state index is 13.3. The molecule has 2 atom stereocenters. The van der Waals surface area contributed by atoms with Crippen LogP contribution in [0.4, 0.5) is 24.5 Å². The van der Waals surface area contributed by atoms with Crippen molar-refractivity contribution in [2.24, 2.45) is 5.92 Å². The highest BCUT2D eigenvalue weighted by Crippen LogP contribution is 2.40. The molecular weight excluding hydrogens is 417 g/mol. The molecule has 166 valence electrons. The summed E-state index contributed by atoms with van der Waals surface area (Å²) in [6.07, 6.45) is -2.64. The van der Waals surface area contributed by atoms with E-state index < -0.39 is 17.7 Å². The third kappa shape index (κ3) is 4.03. The summed E-state index contributed by atoms with van der Waals surface area (Å²) in [5.74, 6) is -0.735. The van der Waals surface area contributed by atoms with Crippen LogP contribution in [0.2, 0.25) is 0 Å². The van der Waals surface area contributed by atoms with Gasteiger partial charge in [0.1, 0.15) is 6.07 Å². The second-order valence-electron chi connectivity index (χ2n) is 8.02. The Morgan fingerprint density at radius 1 is 1.22 bits per heavy atom. The Hall–Kier alpha value is -3.47. The lowest BCUT2D eigenvalue weighted by Crippen LogP contribution is -2.61. The summed E-state index contributed by atoms with van der Waals surface area (Å²) < 4.78 is 39.9. The number of nitriles is 1. The molecule has 0 unspecified atom stereocenters. The fourth-order valence-electron chi connectivity index (χ4n) is 4.67. The first kappa shape index (κ1) is 21.8. The van der Waals surface area contributed by atoms with Crippen LogP contribution in [0.15, 0.2) is 55.1 Å². The van der Waals surface area contributed by atoms with E-state index in [1.54, 1.807) is 18.2 Å². The molecule has 32 heavy (non-hydrogen) atoms. The molecule has 0 aromatic heterocycles. The van der Waals surface area contributed by atoms with Gasteiger partial charge in [-0.25, -0.2) is 0 Å². The molecule has 5 nitrogen and oxygen atoms in total. The molecule has 2 aliphatic rings. The smallest absolute Gasteiger partial charge is 0.367 e. The summed E-state index contributed by atoms with van der Waals surface area (Å²) in [7, 11) is 0. The number of anilines is 2. The first-order valence-corrected chi connectivity index (χ1v) is 10.4. The molecular formula is C24H23F3N4O. The van der Waals surface area contributed by atoms with Crippen molar-refractivity contribution in [1.82, 2.24) is 5.32 Å². The first-order valence-electron chi connectivity index (χ1n) is 10.4. The Morgan fingerprint density at radius 2 is 2.00 bits per heavy atom. The van der Waals surface area contributed by atoms with Gasteiger partial charge in [0.2, 0.25) is 5.91 Å². The van der Waals surface area contributed by atoms with E-state index in [1.165, 1.54) is 6.07 Å². The number of hydrogen-bond acceptors (Lipinski definition) is 4. The van der Waals surface area contributed by atoms with Crippen LogP contribution in [0.25, 0.3) is 0 Å². The second kappa shape index (κ2) is 8.58. The average Bonchev–Trinajstić information content (AvgIpc) is 2.80. The van der Waals surface area contributed by atoms with Gasteiger partial charge < -0.3 is 15.1 Å². The standard InChI is InChI=1S/C24H23F3N4O/c1-2-9-29-23(32)19-13-17-12-18(24(25,26)27)7-8-21(17)31-11-10-30(15-22(19)31)20-6-4-3-5-16(20)14-28/h2-8,12,19,22H,1,9-11,13,15H2,(H,29,32)/t19-,22-/m1/s1. The predicted octanol–water partition coefficient (Wildman–Crippen LogP) is 3.75. The molecule has 0 aliphatic carbocycles. The van der Waals surface area contributed by atoms with Crippen LogP contribution in [0, 0.1) is 17.2 Å². The van der Waals surface area contributed by atoms with Crippen LogP contribution in [-0.2, 0) is 17.4 Å². The van der Waals surface area contributed by atoms with Crippen molar-refractivity contribution in [3.05, 3.63) is 71.8 Å². The van der Waals surface area contributed by atoms with Gasteiger partial charge in [0.15, 0.2) is 0 Å². The zero-order valence-electron chi connectivity index (χ0n) is 17.4. The van der Waals surface area contributed by atoms with Crippen molar-refractivity contribution >= 4 is 17.3 Å². The molecule has 4 rings (SSSR count). The Labute approximate surface area is 184 Å².